The number of nitrogen functional groups attached to an aromatic ring is 1. The number of nitrogens with two attached hydrogens (primary N) is 1. The van der Waals surface area contributed by atoms with Gasteiger partial charge in [0.1, 0.15) is 12.4 Å². The standard InChI is InChI=1S/C10H9F3N4/c11-10(12,13)5-15-8-6-3-1-2-4-7(6)16-9(14)17-8/h1-4H,5H2,(H3,14,15,16,17). The van der Waals surface area contributed by atoms with Gasteiger partial charge < -0.3 is 11.1 Å². The normalized spacial score (nSPS) is 11.7. The first kappa shape index (κ1) is 11.4. The zero-order chi connectivity index (χ0) is 12.5. The minimum absolute atomic E-state index is 0.0617. The number of fused-ring (bicyclic) bond motifs is 1. The van der Waals surface area contributed by atoms with Crippen molar-refractivity contribution in [2.75, 3.05) is 17.6 Å². The van der Waals surface area contributed by atoms with Gasteiger partial charge in [0, 0.05) is 5.39 Å². The van der Waals surface area contributed by atoms with Gasteiger partial charge in [0.15, 0.2) is 0 Å². The van der Waals surface area contributed by atoms with E-state index in [2.05, 4.69) is 15.3 Å². The summed E-state index contributed by atoms with van der Waals surface area (Å²) in [6, 6.07) is 6.71. The van der Waals surface area contributed by atoms with E-state index in [-0.39, 0.29) is 11.8 Å². The van der Waals surface area contributed by atoms with E-state index in [1.165, 1.54) is 0 Å². The molecule has 0 amide bonds. The molecule has 0 saturated heterocycles. The molecule has 2 rings (SSSR count). The largest absolute Gasteiger partial charge is 0.405 e. The number of alkyl halides is 3. The molecule has 0 aliphatic carbocycles. The predicted molar refractivity (Wildman–Crippen MR) is 58.5 cm³/mol. The monoisotopic (exact) mass is 242 g/mol. The van der Waals surface area contributed by atoms with Crippen molar-refractivity contribution in [2.24, 2.45) is 0 Å². The molecule has 1 heterocycles. The number of anilines is 2. The van der Waals surface area contributed by atoms with Crippen molar-refractivity contribution in [1.29, 1.82) is 0 Å². The van der Waals surface area contributed by atoms with E-state index in [9.17, 15) is 13.2 Å². The number of nitrogens with one attached hydrogen (secondary N) is 1. The summed E-state index contributed by atoms with van der Waals surface area (Å²) >= 11 is 0. The third kappa shape index (κ3) is 2.74. The van der Waals surface area contributed by atoms with Crippen molar-refractivity contribution >= 4 is 22.7 Å². The highest BCUT2D eigenvalue weighted by molar-refractivity contribution is 5.89. The van der Waals surface area contributed by atoms with Crippen LogP contribution in [0.2, 0.25) is 0 Å². The summed E-state index contributed by atoms with van der Waals surface area (Å²) in [4.78, 5) is 7.69. The summed E-state index contributed by atoms with van der Waals surface area (Å²) in [5, 5.41) is 2.72. The molecule has 4 nitrogen and oxygen atoms in total. The average molecular weight is 242 g/mol. The van der Waals surface area contributed by atoms with Crippen LogP contribution in [-0.4, -0.2) is 22.7 Å². The van der Waals surface area contributed by atoms with E-state index < -0.39 is 12.7 Å². The average Bonchev–Trinajstić information content (AvgIpc) is 2.24. The Balaban J connectivity index is 2.39. The Bertz CT molecular complexity index is 539. The molecule has 7 heteroatoms. The molecule has 0 radical (unpaired) electrons. The maximum atomic E-state index is 12.1. The zero-order valence-corrected chi connectivity index (χ0v) is 8.62. The Morgan fingerprint density at radius 2 is 1.88 bits per heavy atom. The Morgan fingerprint density at radius 3 is 2.59 bits per heavy atom. The molecular weight excluding hydrogens is 233 g/mol. The molecular formula is C10H9F3N4. The first-order valence-electron chi connectivity index (χ1n) is 4.78. The summed E-state index contributed by atoms with van der Waals surface area (Å²) < 4.78 is 36.3. The minimum atomic E-state index is -4.30. The smallest absolute Gasteiger partial charge is 0.368 e. The topological polar surface area (TPSA) is 63.8 Å². The lowest BCUT2D eigenvalue weighted by atomic mass is 10.2. The number of para-hydroxylation sites is 1. The van der Waals surface area contributed by atoms with Gasteiger partial charge in [-0.15, -0.1) is 0 Å². The van der Waals surface area contributed by atoms with Crippen LogP contribution in [0.3, 0.4) is 0 Å². The summed E-state index contributed by atoms with van der Waals surface area (Å²) in [5.41, 5.74) is 5.92. The molecule has 1 aromatic carbocycles. The van der Waals surface area contributed by atoms with Crippen molar-refractivity contribution in [3.8, 4) is 0 Å². The van der Waals surface area contributed by atoms with E-state index in [1.807, 2.05) is 0 Å². The van der Waals surface area contributed by atoms with Gasteiger partial charge in [0.25, 0.3) is 0 Å². The summed E-state index contributed by atoms with van der Waals surface area (Å²) in [7, 11) is 0. The number of hydrogen-bond donors (Lipinski definition) is 2. The van der Waals surface area contributed by atoms with Gasteiger partial charge in [-0.05, 0) is 12.1 Å². The van der Waals surface area contributed by atoms with Crippen LogP contribution >= 0.6 is 0 Å². The Morgan fingerprint density at radius 1 is 1.18 bits per heavy atom. The van der Waals surface area contributed by atoms with Crippen molar-refractivity contribution in [1.82, 2.24) is 9.97 Å². The number of aromatic nitrogens is 2. The molecule has 2 aromatic rings. The molecule has 0 aliphatic heterocycles. The fourth-order valence-corrected chi connectivity index (χ4v) is 1.41. The SMILES string of the molecule is Nc1nc(NCC(F)(F)F)c2ccccc2n1. The first-order valence-corrected chi connectivity index (χ1v) is 4.78. The predicted octanol–water partition coefficient (Wildman–Crippen LogP) is 2.19. The third-order valence-electron chi connectivity index (χ3n) is 2.08. The van der Waals surface area contributed by atoms with Crippen LogP contribution in [0.25, 0.3) is 10.9 Å². The molecule has 17 heavy (non-hydrogen) atoms. The lowest BCUT2D eigenvalue weighted by Gasteiger charge is -2.11. The van der Waals surface area contributed by atoms with E-state index >= 15 is 0 Å². The minimum Gasteiger partial charge on any atom is -0.368 e. The van der Waals surface area contributed by atoms with Gasteiger partial charge in [-0.25, -0.2) is 4.98 Å². The van der Waals surface area contributed by atoms with Gasteiger partial charge in [-0.3, -0.25) is 0 Å². The summed E-state index contributed by atoms with van der Waals surface area (Å²) in [5.74, 6) is 0.0267. The van der Waals surface area contributed by atoms with Crippen LogP contribution in [0.5, 0.6) is 0 Å². The van der Waals surface area contributed by atoms with E-state index in [1.54, 1.807) is 24.3 Å². The molecule has 0 aliphatic rings. The number of hydrogen-bond acceptors (Lipinski definition) is 4. The van der Waals surface area contributed by atoms with Gasteiger partial charge in [0.05, 0.1) is 5.52 Å². The van der Waals surface area contributed by atoms with Crippen molar-refractivity contribution in [3.63, 3.8) is 0 Å². The summed E-state index contributed by atoms with van der Waals surface area (Å²) in [6.45, 7) is -1.16. The Hall–Kier alpha value is -2.05. The third-order valence-corrected chi connectivity index (χ3v) is 2.08. The zero-order valence-electron chi connectivity index (χ0n) is 8.62. The molecule has 0 bridgehead atoms. The Kier molecular flexibility index (Phi) is 2.74. The van der Waals surface area contributed by atoms with Crippen LogP contribution in [0, 0.1) is 0 Å². The second kappa shape index (κ2) is 4.08. The van der Waals surface area contributed by atoms with Crippen LogP contribution in [0.1, 0.15) is 0 Å². The number of benzene rings is 1. The molecule has 0 unspecified atom stereocenters. The first-order chi connectivity index (χ1) is 7.96. The number of halogens is 3. The maximum Gasteiger partial charge on any atom is 0.405 e. The number of nitrogens with zero attached hydrogens (tertiary/aromatic N) is 2. The molecule has 90 valence electrons. The molecule has 0 spiro atoms. The van der Waals surface area contributed by atoms with E-state index in [0.29, 0.717) is 10.9 Å². The van der Waals surface area contributed by atoms with Gasteiger partial charge >= 0.3 is 6.18 Å². The van der Waals surface area contributed by atoms with Crippen LogP contribution in [0.15, 0.2) is 24.3 Å². The van der Waals surface area contributed by atoms with Gasteiger partial charge in [-0.1, -0.05) is 12.1 Å². The van der Waals surface area contributed by atoms with Crippen LogP contribution < -0.4 is 11.1 Å². The van der Waals surface area contributed by atoms with Crippen molar-refractivity contribution in [3.05, 3.63) is 24.3 Å². The fourth-order valence-electron chi connectivity index (χ4n) is 1.41. The lowest BCUT2D eigenvalue weighted by molar-refractivity contribution is -0.115. The van der Waals surface area contributed by atoms with E-state index in [0.717, 1.165) is 0 Å². The highest BCUT2D eigenvalue weighted by Crippen LogP contribution is 2.22. The van der Waals surface area contributed by atoms with Crippen molar-refractivity contribution in [2.45, 2.75) is 6.18 Å². The fraction of sp³-hybridized carbons (Fsp3) is 0.200. The quantitative estimate of drug-likeness (QED) is 0.847. The highest BCUT2D eigenvalue weighted by atomic mass is 19.4. The van der Waals surface area contributed by atoms with Crippen molar-refractivity contribution < 1.29 is 13.2 Å². The second-order valence-corrected chi connectivity index (χ2v) is 3.42. The van der Waals surface area contributed by atoms with Gasteiger partial charge in [0.2, 0.25) is 5.95 Å². The summed E-state index contributed by atoms with van der Waals surface area (Å²) in [6.07, 6.45) is -4.30. The van der Waals surface area contributed by atoms with E-state index in [4.69, 9.17) is 5.73 Å². The van der Waals surface area contributed by atoms with Gasteiger partial charge in [-0.2, -0.15) is 18.2 Å². The molecule has 0 fully saturated rings. The number of rotatable bonds is 2. The molecule has 1 aromatic heterocycles. The molecule has 0 saturated carbocycles. The maximum absolute atomic E-state index is 12.1. The lowest BCUT2D eigenvalue weighted by Crippen LogP contribution is -2.22. The second-order valence-electron chi connectivity index (χ2n) is 3.42. The molecule has 0 atom stereocenters. The molecule has 3 N–H and O–H groups in total. The Labute approximate surface area is 94.7 Å². The highest BCUT2D eigenvalue weighted by Gasteiger charge is 2.27. The van der Waals surface area contributed by atoms with Crippen LogP contribution in [-0.2, 0) is 0 Å². The van der Waals surface area contributed by atoms with Crippen LogP contribution in [0.4, 0.5) is 24.9 Å².